The van der Waals surface area contributed by atoms with Crippen molar-refractivity contribution >= 4 is 5.69 Å². The van der Waals surface area contributed by atoms with Crippen molar-refractivity contribution in [2.24, 2.45) is 0 Å². The highest BCUT2D eigenvalue weighted by Gasteiger charge is 2.25. The Bertz CT molecular complexity index is 664. The number of hydrogen-bond donors (Lipinski definition) is 1. The monoisotopic (exact) mass is 296 g/mol. The van der Waals surface area contributed by atoms with Gasteiger partial charge in [-0.3, -0.25) is 4.98 Å². The molecule has 2 aromatic rings. The average molecular weight is 296 g/mol. The predicted octanol–water partition coefficient (Wildman–Crippen LogP) is 3.63. The van der Waals surface area contributed by atoms with Gasteiger partial charge in [0.2, 0.25) is 0 Å². The lowest BCUT2D eigenvalue weighted by atomic mass is 9.95. The first-order chi connectivity index (χ1) is 9.76. The summed E-state index contributed by atoms with van der Waals surface area (Å²) in [6.45, 7) is 3.34. The molecule has 0 saturated heterocycles. The molecule has 0 aliphatic rings. The maximum Gasteiger partial charge on any atom is 0.151 e. The highest BCUT2D eigenvalue weighted by atomic mass is 19.1. The maximum absolute atomic E-state index is 14.2. The Kier molecular flexibility index (Phi) is 3.91. The van der Waals surface area contributed by atoms with E-state index in [-0.39, 0.29) is 5.69 Å². The van der Waals surface area contributed by atoms with Crippen LogP contribution in [0.25, 0.3) is 11.3 Å². The van der Waals surface area contributed by atoms with Gasteiger partial charge in [-0.15, -0.1) is 0 Å². The molecule has 2 N–H and O–H groups in total. The second kappa shape index (κ2) is 5.37. The lowest BCUT2D eigenvalue weighted by Gasteiger charge is -2.24. The highest BCUT2D eigenvalue weighted by molar-refractivity contribution is 5.63. The van der Waals surface area contributed by atoms with Gasteiger partial charge in [0, 0.05) is 13.2 Å². The SMILES string of the molecule is COC(C)(C)c1cc(F)c(-c2ncc(N)cc2F)c(F)c1. The number of nitrogen functional groups attached to an aromatic ring is 1. The Hall–Kier alpha value is -2.08. The third kappa shape index (κ3) is 2.85. The van der Waals surface area contributed by atoms with Crippen LogP contribution in [-0.2, 0) is 10.3 Å². The van der Waals surface area contributed by atoms with Crippen LogP contribution in [0.2, 0.25) is 0 Å². The van der Waals surface area contributed by atoms with Crippen molar-refractivity contribution < 1.29 is 17.9 Å². The first kappa shape index (κ1) is 15.3. The van der Waals surface area contributed by atoms with Crippen molar-refractivity contribution in [1.29, 1.82) is 0 Å². The summed E-state index contributed by atoms with van der Waals surface area (Å²) in [5.74, 6) is -2.70. The van der Waals surface area contributed by atoms with Gasteiger partial charge >= 0.3 is 0 Å². The van der Waals surface area contributed by atoms with Crippen molar-refractivity contribution in [2.75, 3.05) is 12.8 Å². The van der Waals surface area contributed by atoms with E-state index in [1.165, 1.54) is 7.11 Å². The Balaban J connectivity index is 2.62. The topological polar surface area (TPSA) is 48.1 Å². The van der Waals surface area contributed by atoms with Crippen LogP contribution in [-0.4, -0.2) is 12.1 Å². The Morgan fingerprint density at radius 1 is 1.05 bits per heavy atom. The van der Waals surface area contributed by atoms with Gasteiger partial charge in [0.25, 0.3) is 0 Å². The molecule has 6 heteroatoms. The van der Waals surface area contributed by atoms with E-state index >= 15 is 0 Å². The van der Waals surface area contributed by atoms with Gasteiger partial charge < -0.3 is 10.5 Å². The molecule has 21 heavy (non-hydrogen) atoms. The number of methoxy groups -OCH3 is 1. The molecule has 0 atom stereocenters. The number of hydrogen-bond acceptors (Lipinski definition) is 3. The first-order valence-corrected chi connectivity index (χ1v) is 6.22. The fraction of sp³-hybridized carbons (Fsp3) is 0.267. The van der Waals surface area contributed by atoms with Crippen molar-refractivity contribution in [3.8, 4) is 11.3 Å². The number of ether oxygens (including phenoxy) is 1. The van der Waals surface area contributed by atoms with Gasteiger partial charge in [0.15, 0.2) is 5.82 Å². The minimum atomic E-state index is -0.911. The number of anilines is 1. The summed E-state index contributed by atoms with van der Waals surface area (Å²) >= 11 is 0. The molecule has 0 amide bonds. The van der Waals surface area contributed by atoms with Crippen molar-refractivity contribution in [1.82, 2.24) is 4.98 Å². The van der Waals surface area contributed by atoms with Crippen molar-refractivity contribution in [2.45, 2.75) is 19.4 Å². The summed E-state index contributed by atoms with van der Waals surface area (Å²) in [4.78, 5) is 3.67. The molecule has 1 aromatic heterocycles. The van der Waals surface area contributed by atoms with Gasteiger partial charge in [-0.2, -0.15) is 0 Å². The van der Waals surface area contributed by atoms with Gasteiger partial charge in [0.1, 0.15) is 17.3 Å². The third-order valence-corrected chi connectivity index (χ3v) is 3.35. The van der Waals surface area contributed by atoms with Crippen LogP contribution in [0.5, 0.6) is 0 Å². The average Bonchev–Trinajstić information content (AvgIpc) is 2.40. The lowest BCUT2D eigenvalue weighted by Crippen LogP contribution is -2.20. The van der Waals surface area contributed by atoms with Gasteiger partial charge in [0.05, 0.1) is 23.0 Å². The van der Waals surface area contributed by atoms with Crippen LogP contribution < -0.4 is 5.73 Å². The molecule has 0 aliphatic carbocycles. The van der Waals surface area contributed by atoms with Gasteiger partial charge in [-0.1, -0.05) is 0 Å². The highest BCUT2D eigenvalue weighted by Crippen LogP contribution is 2.32. The number of benzene rings is 1. The van der Waals surface area contributed by atoms with E-state index in [2.05, 4.69) is 4.98 Å². The summed E-state index contributed by atoms with van der Waals surface area (Å²) in [5.41, 5.74) is 3.95. The largest absolute Gasteiger partial charge is 0.397 e. The molecule has 0 radical (unpaired) electrons. The second-order valence-corrected chi connectivity index (χ2v) is 5.13. The Morgan fingerprint density at radius 3 is 2.10 bits per heavy atom. The van der Waals surface area contributed by atoms with E-state index in [1.54, 1.807) is 13.8 Å². The summed E-state index contributed by atoms with van der Waals surface area (Å²) in [5, 5.41) is 0. The van der Waals surface area contributed by atoms with Crippen LogP contribution in [0, 0.1) is 17.5 Å². The lowest BCUT2D eigenvalue weighted by molar-refractivity contribution is 0.0187. The molecule has 1 heterocycles. The minimum absolute atomic E-state index is 0.0780. The van der Waals surface area contributed by atoms with E-state index in [0.717, 1.165) is 24.4 Å². The van der Waals surface area contributed by atoms with E-state index in [1.807, 2.05) is 0 Å². The number of rotatable bonds is 3. The van der Waals surface area contributed by atoms with E-state index in [4.69, 9.17) is 10.5 Å². The van der Waals surface area contributed by atoms with E-state index in [9.17, 15) is 13.2 Å². The molecule has 2 rings (SSSR count). The van der Waals surface area contributed by atoms with Gasteiger partial charge in [-0.25, -0.2) is 13.2 Å². The molecule has 0 spiro atoms. The minimum Gasteiger partial charge on any atom is -0.397 e. The predicted molar refractivity (Wildman–Crippen MR) is 74.0 cm³/mol. The molecular weight excluding hydrogens is 281 g/mol. The van der Waals surface area contributed by atoms with Crippen molar-refractivity contribution in [3.63, 3.8) is 0 Å². The number of nitrogens with zero attached hydrogens (tertiary/aromatic N) is 1. The molecule has 0 saturated carbocycles. The standard InChI is InChI=1S/C15H15F3N2O/c1-15(2,21-3)8-4-10(16)13(11(17)5-8)14-12(18)6-9(19)7-20-14/h4-7H,19H2,1-3H3. The fourth-order valence-electron chi connectivity index (χ4n) is 1.90. The molecule has 3 nitrogen and oxygen atoms in total. The molecule has 0 bridgehead atoms. The third-order valence-electron chi connectivity index (χ3n) is 3.35. The molecule has 1 aromatic carbocycles. The van der Waals surface area contributed by atoms with Crippen LogP contribution in [0.1, 0.15) is 19.4 Å². The zero-order valence-corrected chi connectivity index (χ0v) is 11.9. The molecule has 0 aliphatic heterocycles. The summed E-state index contributed by atoms with van der Waals surface area (Å²) in [6, 6.07) is 3.19. The van der Waals surface area contributed by atoms with E-state index < -0.39 is 34.3 Å². The van der Waals surface area contributed by atoms with Crippen LogP contribution in [0.4, 0.5) is 18.9 Å². The second-order valence-electron chi connectivity index (χ2n) is 5.13. The number of nitrogens with two attached hydrogens (primary N) is 1. The molecular formula is C15H15F3N2O. The van der Waals surface area contributed by atoms with Crippen LogP contribution >= 0.6 is 0 Å². The zero-order valence-electron chi connectivity index (χ0n) is 11.9. The Morgan fingerprint density at radius 2 is 1.62 bits per heavy atom. The summed E-state index contributed by atoms with van der Waals surface area (Å²) in [6.07, 6.45) is 1.14. The normalized spacial score (nSPS) is 11.7. The quantitative estimate of drug-likeness (QED) is 0.941. The summed E-state index contributed by atoms with van der Waals surface area (Å²) < 4.78 is 47.4. The van der Waals surface area contributed by atoms with Crippen LogP contribution in [0.3, 0.4) is 0 Å². The van der Waals surface area contributed by atoms with Crippen LogP contribution in [0.15, 0.2) is 24.4 Å². The van der Waals surface area contributed by atoms with Gasteiger partial charge in [-0.05, 0) is 31.5 Å². The summed E-state index contributed by atoms with van der Waals surface area (Å²) in [7, 11) is 1.44. The number of halogens is 3. The van der Waals surface area contributed by atoms with E-state index in [0.29, 0.717) is 5.56 Å². The Labute approximate surface area is 120 Å². The molecule has 0 unspecified atom stereocenters. The molecule has 112 valence electrons. The smallest absolute Gasteiger partial charge is 0.151 e. The first-order valence-electron chi connectivity index (χ1n) is 6.22. The zero-order chi connectivity index (χ0) is 15.8. The van der Waals surface area contributed by atoms with Crippen molar-refractivity contribution in [3.05, 3.63) is 47.4 Å². The molecule has 0 fully saturated rings. The number of aromatic nitrogens is 1. The maximum atomic E-state index is 14.2. The fourth-order valence-corrected chi connectivity index (χ4v) is 1.90. The number of pyridine rings is 1.